The van der Waals surface area contributed by atoms with Crippen molar-refractivity contribution < 1.29 is 0 Å². The Hall–Kier alpha value is -5.96. The summed E-state index contributed by atoms with van der Waals surface area (Å²) in [5, 5.41) is 5.16. The average molecular weight is 670 g/mol. The summed E-state index contributed by atoms with van der Waals surface area (Å²) in [6.07, 6.45) is 0. The van der Waals surface area contributed by atoms with Gasteiger partial charge in [0.2, 0.25) is 0 Å². The SMILES string of the molecule is CC1(C)c2ccccc2-c2cccc(N(c3ccc(-c4ccc5sc6ccccc6c5c4)cc3)c3cccc(-c4ccc5ccccc5c4)c3)c21. The van der Waals surface area contributed by atoms with Gasteiger partial charge < -0.3 is 4.90 Å². The van der Waals surface area contributed by atoms with Gasteiger partial charge in [0.1, 0.15) is 0 Å². The Morgan fingerprint density at radius 1 is 0.431 bits per heavy atom. The summed E-state index contributed by atoms with van der Waals surface area (Å²) in [7, 11) is 0. The molecule has 0 saturated carbocycles. The van der Waals surface area contributed by atoms with Gasteiger partial charge in [0.25, 0.3) is 0 Å². The molecule has 1 aliphatic rings. The van der Waals surface area contributed by atoms with Crippen molar-refractivity contribution in [2.24, 2.45) is 0 Å². The first-order chi connectivity index (χ1) is 25.0. The molecule has 10 rings (SSSR count). The molecule has 1 aromatic heterocycles. The van der Waals surface area contributed by atoms with Gasteiger partial charge in [-0.05, 0) is 110 Å². The van der Waals surface area contributed by atoms with Crippen molar-refractivity contribution in [2.45, 2.75) is 19.3 Å². The lowest BCUT2D eigenvalue weighted by Crippen LogP contribution is -2.20. The second kappa shape index (κ2) is 11.6. The Labute approximate surface area is 302 Å². The number of anilines is 3. The lowest BCUT2D eigenvalue weighted by Gasteiger charge is -2.32. The molecule has 0 bridgehead atoms. The van der Waals surface area contributed by atoms with E-state index in [-0.39, 0.29) is 5.41 Å². The summed E-state index contributed by atoms with van der Waals surface area (Å²) in [6, 6.07) is 64.9. The van der Waals surface area contributed by atoms with Crippen LogP contribution in [0.3, 0.4) is 0 Å². The predicted octanol–water partition coefficient (Wildman–Crippen LogP) is 14.3. The van der Waals surface area contributed by atoms with Crippen molar-refractivity contribution >= 4 is 59.3 Å². The highest BCUT2D eigenvalue weighted by Gasteiger charge is 2.38. The van der Waals surface area contributed by atoms with E-state index in [1.165, 1.54) is 81.1 Å². The second-order valence-electron chi connectivity index (χ2n) is 14.2. The number of nitrogens with zero attached hydrogens (tertiary/aromatic N) is 1. The van der Waals surface area contributed by atoms with Crippen molar-refractivity contribution in [1.82, 2.24) is 0 Å². The highest BCUT2D eigenvalue weighted by Crippen LogP contribution is 2.54. The fourth-order valence-corrected chi connectivity index (χ4v) is 9.42. The number of hydrogen-bond donors (Lipinski definition) is 0. The zero-order valence-electron chi connectivity index (χ0n) is 28.6. The lowest BCUT2D eigenvalue weighted by molar-refractivity contribution is 0.661. The zero-order valence-corrected chi connectivity index (χ0v) is 29.4. The van der Waals surface area contributed by atoms with E-state index in [1.54, 1.807) is 0 Å². The largest absolute Gasteiger partial charge is 0.310 e. The average Bonchev–Trinajstić information content (AvgIpc) is 3.67. The van der Waals surface area contributed by atoms with Crippen LogP contribution >= 0.6 is 11.3 Å². The molecule has 1 heterocycles. The molecule has 0 amide bonds. The Morgan fingerprint density at radius 2 is 1.10 bits per heavy atom. The summed E-state index contributed by atoms with van der Waals surface area (Å²) in [5.74, 6) is 0. The van der Waals surface area contributed by atoms with Gasteiger partial charge in [-0.15, -0.1) is 11.3 Å². The van der Waals surface area contributed by atoms with E-state index in [2.05, 4.69) is 195 Å². The Kier molecular flexibility index (Phi) is 6.78. The first-order valence-corrected chi connectivity index (χ1v) is 18.5. The Bertz CT molecular complexity index is 2780. The van der Waals surface area contributed by atoms with Crippen LogP contribution in [-0.2, 0) is 5.41 Å². The minimum absolute atomic E-state index is 0.157. The van der Waals surface area contributed by atoms with Crippen LogP contribution < -0.4 is 4.90 Å². The molecule has 9 aromatic rings. The van der Waals surface area contributed by atoms with Crippen molar-refractivity contribution in [3.05, 3.63) is 187 Å². The monoisotopic (exact) mass is 669 g/mol. The van der Waals surface area contributed by atoms with Crippen LogP contribution in [0.4, 0.5) is 17.1 Å². The molecule has 0 fully saturated rings. The third-order valence-electron chi connectivity index (χ3n) is 10.8. The molecular weight excluding hydrogens is 635 g/mol. The minimum Gasteiger partial charge on any atom is -0.310 e. The van der Waals surface area contributed by atoms with Gasteiger partial charge in [-0.3, -0.25) is 0 Å². The van der Waals surface area contributed by atoms with Gasteiger partial charge in [0, 0.05) is 37.0 Å². The Balaban J connectivity index is 1.13. The molecule has 8 aromatic carbocycles. The molecule has 1 nitrogen and oxygen atoms in total. The first-order valence-electron chi connectivity index (χ1n) is 17.7. The highest BCUT2D eigenvalue weighted by atomic mass is 32.1. The van der Waals surface area contributed by atoms with Crippen LogP contribution in [0.15, 0.2) is 176 Å². The van der Waals surface area contributed by atoms with Crippen LogP contribution in [0.1, 0.15) is 25.0 Å². The third-order valence-corrected chi connectivity index (χ3v) is 12.0. The molecule has 0 radical (unpaired) electrons. The molecule has 242 valence electrons. The quantitative estimate of drug-likeness (QED) is 0.176. The lowest BCUT2D eigenvalue weighted by atomic mass is 9.81. The van der Waals surface area contributed by atoms with Crippen LogP contribution in [0.5, 0.6) is 0 Å². The molecular formula is C49H35NS. The molecule has 0 saturated heterocycles. The summed E-state index contributed by atoms with van der Waals surface area (Å²) in [4.78, 5) is 2.47. The maximum atomic E-state index is 2.47. The summed E-state index contributed by atoms with van der Waals surface area (Å²) in [5.41, 5.74) is 13.6. The second-order valence-corrected chi connectivity index (χ2v) is 15.3. The van der Waals surface area contributed by atoms with Gasteiger partial charge in [0.15, 0.2) is 0 Å². The summed E-state index contributed by atoms with van der Waals surface area (Å²) >= 11 is 1.87. The smallest absolute Gasteiger partial charge is 0.0508 e. The summed E-state index contributed by atoms with van der Waals surface area (Å²) < 4.78 is 2.66. The van der Waals surface area contributed by atoms with Crippen molar-refractivity contribution in [3.63, 3.8) is 0 Å². The highest BCUT2D eigenvalue weighted by molar-refractivity contribution is 7.25. The van der Waals surface area contributed by atoms with Crippen LogP contribution in [-0.4, -0.2) is 0 Å². The van der Waals surface area contributed by atoms with Crippen molar-refractivity contribution in [3.8, 4) is 33.4 Å². The van der Waals surface area contributed by atoms with Crippen molar-refractivity contribution in [1.29, 1.82) is 0 Å². The number of fused-ring (bicyclic) bond motifs is 7. The van der Waals surface area contributed by atoms with E-state index in [4.69, 9.17) is 0 Å². The van der Waals surface area contributed by atoms with Gasteiger partial charge in [-0.25, -0.2) is 0 Å². The molecule has 2 heteroatoms. The fraction of sp³-hybridized carbons (Fsp3) is 0.0612. The topological polar surface area (TPSA) is 3.24 Å². The maximum Gasteiger partial charge on any atom is 0.0508 e. The van der Waals surface area contributed by atoms with Gasteiger partial charge in [0.05, 0.1) is 5.69 Å². The number of rotatable bonds is 5. The minimum atomic E-state index is -0.157. The number of benzene rings is 8. The third kappa shape index (κ3) is 4.82. The van der Waals surface area contributed by atoms with Gasteiger partial charge in [-0.1, -0.05) is 135 Å². The van der Waals surface area contributed by atoms with Gasteiger partial charge in [-0.2, -0.15) is 0 Å². The summed E-state index contributed by atoms with van der Waals surface area (Å²) in [6.45, 7) is 4.75. The van der Waals surface area contributed by atoms with E-state index in [0.29, 0.717) is 0 Å². The van der Waals surface area contributed by atoms with Crippen LogP contribution in [0.2, 0.25) is 0 Å². The first kappa shape index (κ1) is 29.9. The zero-order chi connectivity index (χ0) is 34.1. The molecule has 51 heavy (non-hydrogen) atoms. The van der Waals surface area contributed by atoms with E-state index in [1.807, 2.05) is 11.3 Å². The normalized spacial score (nSPS) is 13.1. The fourth-order valence-electron chi connectivity index (χ4n) is 8.33. The molecule has 1 aliphatic carbocycles. The molecule has 0 N–H and O–H groups in total. The van der Waals surface area contributed by atoms with E-state index in [0.717, 1.165) is 11.4 Å². The molecule has 0 spiro atoms. The predicted molar refractivity (Wildman–Crippen MR) is 220 cm³/mol. The maximum absolute atomic E-state index is 2.47. The van der Waals surface area contributed by atoms with E-state index >= 15 is 0 Å². The van der Waals surface area contributed by atoms with Gasteiger partial charge >= 0.3 is 0 Å². The number of thiophene rings is 1. The van der Waals surface area contributed by atoms with Crippen LogP contribution in [0.25, 0.3) is 64.3 Å². The molecule has 0 unspecified atom stereocenters. The molecule has 0 atom stereocenters. The van der Waals surface area contributed by atoms with E-state index < -0.39 is 0 Å². The standard InChI is InChI=1S/C49H35NS/c1-49(2)44-18-7-5-15-40(44)42-17-10-19-45(48(42)49)50(39-14-9-13-35(30-39)36-22-21-32-11-3-4-12-34(32)29-36)38-26-23-33(24-27-38)37-25-28-47-43(31-37)41-16-6-8-20-46(41)51-47/h3-31H,1-2H3. The Morgan fingerprint density at radius 3 is 2.00 bits per heavy atom. The number of hydrogen-bond acceptors (Lipinski definition) is 2. The molecule has 0 aliphatic heterocycles. The van der Waals surface area contributed by atoms with Crippen molar-refractivity contribution in [2.75, 3.05) is 4.90 Å². The van der Waals surface area contributed by atoms with Crippen LogP contribution in [0, 0.1) is 0 Å². The van der Waals surface area contributed by atoms with E-state index in [9.17, 15) is 0 Å².